The number of nitrogens with one attached hydrogen (secondary N) is 2. The number of hydrogen-bond donors (Lipinski definition) is 2. The monoisotopic (exact) mass is 411 g/mol. The molecule has 1 aliphatic heterocycles. The summed E-state index contributed by atoms with van der Waals surface area (Å²) in [6, 6.07) is 9.05. The molecule has 27 heavy (non-hydrogen) atoms. The molecule has 2 N–H and O–H groups in total. The second kappa shape index (κ2) is 8.13. The van der Waals surface area contributed by atoms with Crippen molar-refractivity contribution in [1.29, 1.82) is 0 Å². The van der Waals surface area contributed by atoms with E-state index in [-0.39, 0.29) is 18.1 Å². The fourth-order valence-electron chi connectivity index (χ4n) is 2.89. The minimum absolute atomic E-state index is 0.0902. The summed E-state index contributed by atoms with van der Waals surface area (Å²) in [5.74, 6) is -0.264. The van der Waals surface area contributed by atoms with Crippen molar-refractivity contribution in [2.45, 2.75) is 4.21 Å². The van der Waals surface area contributed by atoms with Crippen LogP contribution in [0.5, 0.6) is 0 Å². The minimum atomic E-state index is -3.46. The number of nitro benzene ring substituents is 1. The predicted octanol–water partition coefficient (Wildman–Crippen LogP) is 0.184. The van der Waals surface area contributed by atoms with Gasteiger partial charge in [0.15, 0.2) is 6.54 Å². The van der Waals surface area contributed by atoms with Crippen LogP contribution >= 0.6 is 11.3 Å². The second-order valence-electron chi connectivity index (χ2n) is 6.12. The lowest BCUT2D eigenvalue weighted by Crippen LogP contribution is -3.15. The molecule has 1 aliphatic rings. The molecule has 1 saturated heterocycles. The second-order valence-corrected chi connectivity index (χ2v) is 9.23. The van der Waals surface area contributed by atoms with E-state index in [1.54, 1.807) is 23.6 Å². The molecule has 0 bridgehead atoms. The van der Waals surface area contributed by atoms with Gasteiger partial charge in [0.05, 0.1) is 31.1 Å². The number of thiophene rings is 1. The Balaban J connectivity index is 1.52. The normalized spacial score (nSPS) is 16.1. The third-order valence-corrected chi connectivity index (χ3v) is 7.54. The Hall–Kier alpha value is -2.34. The van der Waals surface area contributed by atoms with Crippen molar-refractivity contribution < 1.29 is 23.0 Å². The van der Waals surface area contributed by atoms with Crippen LogP contribution in [0.3, 0.4) is 0 Å². The van der Waals surface area contributed by atoms with Crippen LogP contribution in [0.25, 0.3) is 0 Å². The summed E-state index contributed by atoms with van der Waals surface area (Å²) >= 11 is 1.19. The van der Waals surface area contributed by atoms with Crippen molar-refractivity contribution in [3.63, 3.8) is 0 Å². The summed E-state index contributed by atoms with van der Waals surface area (Å²) in [5.41, 5.74) is 0.278. The highest BCUT2D eigenvalue weighted by molar-refractivity contribution is 7.91. The number of carbonyl (C=O) groups excluding carboxylic acids is 1. The van der Waals surface area contributed by atoms with Gasteiger partial charge in [-0.25, -0.2) is 8.42 Å². The molecule has 3 rings (SSSR count). The molecule has 0 spiro atoms. The van der Waals surface area contributed by atoms with Gasteiger partial charge in [-0.1, -0.05) is 12.1 Å². The maximum Gasteiger partial charge on any atom is 0.279 e. The summed E-state index contributed by atoms with van der Waals surface area (Å²) in [4.78, 5) is 23.4. The van der Waals surface area contributed by atoms with Gasteiger partial charge in [-0.05, 0) is 17.5 Å². The standard InChI is InChI=1S/C16H18N4O5S2/c21-15(17-13-3-1-4-14(11-13)20(22)23)12-18-6-8-19(9-7-18)27(24,25)16-5-2-10-26-16/h1-5,10-11H,6-9,12H2,(H,17,21)/p+1. The summed E-state index contributed by atoms with van der Waals surface area (Å²) in [6.07, 6.45) is 0. The zero-order valence-electron chi connectivity index (χ0n) is 14.3. The Morgan fingerprint density at radius 2 is 2.00 bits per heavy atom. The number of nitro groups is 1. The van der Waals surface area contributed by atoms with Crippen molar-refractivity contribution >= 4 is 38.6 Å². The first-order chi connectivity index (χ1) is 12.9. The Labute approximate surface area is 160 Å². The van der Waals surface area contributed by atoms with Crippen molar-refractivity contribution in [3.05, 3.63) is 51.9 Å². The molecular weight excluding hydrogens is 392 g/mol. The number of carbonyl (C=O) groups is 1. The zero-order valence-corrected chi connectivity index (χ0v) is 16.0. The lowest BCUT2D eigenvalue weighted by atomic mass is 10.2. The van der Waals surface area contributed by atoms with Gasteiger partial charge in [-0.3, -0.25) is 14.9 Å². The van der Waals surface area contributed by atoms with Crippen LogP contribution in [0, 0.1) is 10.1 Å². The molecule has 2 heterocycles. The van der Waals surface area contributed by atoms with E-state index in [1.165, 1.54) is 33.8 Å². The molecule has 1 fully saturated rings. The number of benzene rings is 1. The largest absolute Gasteiger partial charge is 0.325 e. The van der Waals surface area contributed by atoms with Gasteiger partial charge in [0.1, 0.15) is 4.21 Å². The number of piperazine rings is 1. The third-order valence-electron chi connectivity index (χ3n) is 4.27. The van der Waals surface area contributed by atoms with E-state index in [4.69, 9.17) is 0 Å². The van der Waals surface area contributed by atoms with Gasteiger partial charge in [0.25, 0.3) is 21.6 Å². The van der Waals surface area contributed by atoms with Gasteiger partial charge in [0, 0.05) is 17.8 Å². The lowest BCUT2D eigenvalue weighted by Gasteiger charge is -2.30. The van der Waals surface area contributed by atoms with Crippen LogP contribution < -0.4 is 10.2 Å². The molecule has 1 amide bonds. The van der Waals surface area contributed by atoms with Crippen molar-refractivity contribution in [2.24, 2.45) is 0 Å². The first kappa shape index (κ1) is 19.4. The number of amides is 1. The number of nitrogens with zero attached hydrogens (tertiary/aromatic N) is 2. The highest BCUT2D eigenvalue weighted by Gasteiger charge is 2.31. The van der Waals surface area contributed by atoms with Crippen LogP contribution in [0.4, 0.5) is 11.4 Å². The number of hydrogen-bond acceptors (Lipinski definition) is 6. The van der Waals surface area contributed by atoms with E-state index >= 15 is 0 Å². The predicted molar refractivity (Wildman–Crippen MR) is 100 cm³/mol. The van der Waals surface area contributed by atoms with Crippen molar-refractivity contribution in [3.8, 4) is 0 Å². The highest BCUT2D eigenvalue weighted by Crippen LogP contribution is 2.20. The van der Waals surface area contributed by atoms with Gasteiger partial charge in [-0.15, -0.1) is 11.3 Å². The average molecular weight is 411 g/mol. The van der Waals surface area contributed by atoms with Crippen LogP contribution in [0.2, 0.25) is 0 Å². The van der Waals surface area contributed by atoms with Gasteiger partial charge in [-0.2, -0.15) is 4.31 Å². The molecule has 0 saturated carbocycles. The van der Waals surface area contributed by atoms with Gasteiger partial charge in [0.2, 0.25) is 0 Å². The topological polar surface area (TPSA) is 114 Å². The number of quaternary nitrogens is 1. The summed E-state index contributed by atoms with van der Waals surface area (Å²) in [6.45, 7) is 1.91. The van der Waals surface area contributed by atoms with Gasteiger partial charge < -0.3 is 10.2 Å². The maximum absolute atomic E-state index is 12.5. The quantitative estimate of drug-likeness (QED) is 0.520. The fourth-order valence-corrected chi connectivity index (χ4v) is 5.47. The number of rotatable bonds is 6. The smallest absolute Gasteiger partial charge is 0.279 e. The summed E-state index contributed by atoms with van der Waals surface area (Å²) in [5, 5.41) is 15.2. The van der Waals surface area contributed by atoms with Crippen LogP contribution in [-0.2, 0) is 14.8 Å². The minimum Gasteiger partial charge on any atom is -0.325 e. The summed E-state index contributed by atoms with van der Waals surface area (Å²) < 4.78 is 26.8. The first-order valence-corrected chi connectivity index (χ1v) is 10.6. The zero-order chi connectivity index (χ0) is 19.4. The maximum atomic E-state index is 12.5. The molecule has 1 aromatic heterocycles. The molecule has 0 aliphatic carbocycles. The Kier molecular flexibility index (Phi) is 5.85. The molecule has 11 heteroatoms. The van der Waals surface area contributed by atoms with E-state index in [1.807, 2.05) is 0 Å². The number of sulfonamides is 1. The number of anilines is 1. The average Bonchev–Trinajstić information content (AvgIpc) is 3.18. The number of non-ortho nitro benzene ring substituents is 1. The molecular formula is C16H19N4O5S2+. The summed E-state index contributed by atoms with van der Waals surface area (Å²) in [7, 11) is -3.46. The van der Waals surface area contributed by atoms with Crippen LogP contribution in [-0.4, -0.2) is 56.3 Å². The van der Waals surface area contributed by atoms with E-state index in [0.29, 0.717) is 36.1 Å². The fraction of sp³-hybridized carbons (Fsp3) is 0.312. The molecule has 2 aromatic rings. The van der Waals surface area contributed by atoms with Crippen LogP contribution in [0.15, 0.2) is 46.0 Å². The van der Waals surface area contributed by atoms with Crippen LogP contribution in [0.1, 0.15) is 0 Å². The van der Waals surface area contributed by atoms with E-state index in [0.717, 1.165) is 4.90 Å². The Morgan fingerprint density at radius 3 is 2.63 bits per heavy atom. The molecule has 0 atom stereocenters. The molecule has 9 nitrogen and oxygen atoms in total. The van der Waals surface area contributed by atoms with Crippen molar-refractivity contribution in [1.82, 2.24) is 4.31 Å². The third kappa shape index (κ3) is 4.69. The molecule has 0 unspecified atom stereocenters. The SMILES string of the molecule is O=C(C[NH+]1CCN(S(=O)(=O)c2cccs2)CC1)Nc1cccc([N+](=O)[O-])c1. The first-order valence-electron chi connectivity index (χ1n) is 8.28. The molecule has 1 aromatic carbocycles. The molecule has 144 valence electrons. The van der Waals surface area contributed by atoms with E-state index in [2.05, 4.69) is 5.32 Å². The van der Waals surface area contributed by atoms with Crippen molar-refractivity contribution in [2.75, 3.05) is 38.0 Å². The van der Waals surface area contributed by atoms with E-state index in [9.17, 15) is 23.3 Å². The lowest BCUT2D eigenvalue weighted by molar-refractivity contribution is -0.895. The van der Waals surface area contributed by atoms with Gasteiger partial charge >= 0.3 is 0 Å². The highest BCUT2D eigenvalue weighted by atomic mass is 32.2. The Morgan fingerprint density at radius 1 is 1.26 bits per heavy atom. The Bertz CT molecular complexity index is 922. The molecule has 0 radical (unpaired) electrons. The van der Waals surface area contributed by atoms with E-state index < -0.39 is 14.9 Å².